The van der Waals surface area contributed by atoms with E-state index in [-0.39, 0.29) is 6.10 Å². The first-order valence-corrected chi connectivity index (χ1v) is 3.88. The van der Waals surface area contributed by atoms with E-state index in [4.69, 9.17) is 10.5 Å². The molecule has 0 aliphatic carbocycles. The quantitative estimate of drug-likeness (QED) is 0.733. The summed E-state index contributed by atoms with van der Waals surface area (Å²) < 4.78 is 5.16. The van der Waals surface area contributed by atoms with Crippen LogP contribution in [0.2, 0.25) is 0 Å². The molecule has 0 saturated carbocycles. The third-order valence-electron chi connectivity index (χ3n) is 1.64. The Morgan fingerprint density at radius 3 is 2.50 bits per heavy atom. The Hall–Kier alpha value is -1.16. The standard InChI is InChI=1S/C8H13N3O/c1-3-7(12-2)8-10-4-6(9)5-11-8/h4-5,7H,3,9H2,1-2H3. The molecule has 0 bridgehead atoms. The van der Waals surface area contributed by atoms with Gasteiger partial charge < -0.3 is 10.5 Å². The zero-order valence-electron chi connectivity index (χ0n) is 7.32. The molecule has 0 amide bonds. The smallest absolute Gasteiger partial charge is 0.157 e. The lowest BCUT2D eigenvalue weighted by Crippen LogP contribution is -2.05. The van der Waals surface area contributed by atoms with Crippen LogP contribution in [0.1, 0.15) is 25.3 Å². The van der Waals surface area contributed by atoms with Crippen molar-refractivity contribution in [2.24, 2.45) is 0 Å². The summed E-state index contributed by atoms with van der Waals surface area (Å²) in [6, 6.07) is 0. The first-order valence-electron chi connectivity index (χ1n) is 3.88. The second-order valence-electron chi connectivity index (χ2n) is 2.51. The first kappa shape index (κ1) is 8.93. The lowest BCUT2D eigenvalue weighted by molar-refractivity contribution is 0.0926. The molecule has 0 fully saturated rings. The molecule has 0 aliphatic heterocycles. The Kier molecular flexibility index (Phi) is 2.99. The van der Waals surface area contributed by atoms with Gasteiger partial charge in [-0.05, 0) is 6.42 Å². The van der Waals surface area contributed by atoms with E-state index in [0.717, 1.165) is 6.42 Å². The van der Waals surface area contributed by atoms with Crippen molar-refractivity contribution in [3.8, 4) is 0 Å². The molecule has 4 heteroatoms. The summed E-state index contributed by atoms with van der Waals surface area (Å²) in [6.07, 6.45) is 4.01. The predicted octanol–water partition coefficient (Wildman–Crippen LogP) is 1.16. The molecule has 0 aliphatic rings. The van der Waals surface area contributed by atoms with Gasteiger partial charge in [0, 0.05) is 7.11 Å². The fraction of sp³-hybridized carbons (Fsp3) is 0.500. The fourth-order valence-electron chi connectivity index (χ4n) is 0.969. The predicted molar refractivity (Wildman–Crippen MR) is 46.5 cm³/mol. The lowest BCUT2D eigenvalue weighted by Gasteiger charge is -2.10. The van der Waals surface area contributed by atoms with Gasteiger partial charge >= 0.3 is 0 Å². The number of aromatic nitrogens is 2. The van der Waals surface area contributed by atoms with E-state index >= 15 is 0 Å². The van der Waals surface area contributed by atoms with E-state index in [0.29, 0.717) is 11.5 Å². The molecule has 0 spiro atoms. The molecular weight excluding hydrogens is 154 g/mol. The minimum atomic E-state index is -0.0226. The van der Waals surface area contributed by atoms with Crippen LogP contribution in [-0.2, 0) is 4.74 Å². The van der Waals surface area contributed by atoms with Crippen LogP contribution in [0.4, 0.5) is 5.69 Å². The van der Waals surface area contributed by atoms with Crippen LogP contribution in [0.3, 0.4) is 0 Å². The molecule has 1 aromatic rings. The van der Waals surface area contributed by atoms with Crippen molar-refractivity contribution >= 4 is 5.69 Å². The van der Waals surface area contributed by atoms with Crippen molar-refractivity contribution in [3.63, 3.8) is 0 Å². The minimum absolute atomic E-state index is 0.0226. The van der Waals surface area contributed by atoms with E-state index < -0.39 is 0 Å². The highest BCUT2D eigenvalue weighted by Crippen LogP contribution is 2.15. The monoisotopic (exact) mass is 167 g/mol. The fourth-order valence-corrected chi connectivity index (χ4v) is 0.969. The molecule has 66 valence electrons. The normalized spacial score (nSPS) is 12.8. The molecule has 4 nitrogen and oxygen atoms in total. The largest absolute Gasteiger partial charge is 0.396 e. The molecule has 0 radical (unpaired) electrons. The van der Waals surface area contributed by atoms with Crippen molar-refractivity contribution in [2.75, 3.05) is 12.8 Å². The summed E-state index contributed by atoms with van der Waals surface area (Å²) in [7, 11) is 1.65. The number of rotatable bonds is 3. The van der Waals surface area contributed by atoms with Crippen molar-refractivity contribution in [3.05, 3.63) is 18.2 Å². The van der Waals surface area contributed by atoms with E-state index in [1.165, 1.54) is 0 Å². The number of hydrogen-bond donors (Lipinski definition) is 1. The minimum Gasteiger partial charge on any atom is -0.396 e. The van der Waals surface area contributed by atoms with Gasteiger partial charge in [-0.2, -0.15) is 0 Å². The molecule has 12 heavy (non-hydrogen) atoms. The van der Waals surface area contributed by atoms with Crippen LogP contribution in [0.15, 0.2) is 12.4 Å². The first-order chi connectivity index (χ1) is 5.77. The second kappa shape index (κ2) is 4.01. The van der Waals surface area contributed by atoms with Crippen LogP contribution in [0.25, 0.3) is 0 Å². The van der Waals surface area contributed by atoms with Crippen LogP contribution in [-0.4, -0.2) is 17.1 Å². The number of anilines is 1. The van der Waals surface area contributed by atoms with Crippen LogP contribution in [0, 0.1) is 0 Å². The van der Waals surface area contributed by atoms with E-state index in [1.54, 1.807) is 19.5 Å². The van der Waals surface area contributed by atoms with E-state index in [9.17, 15) is 0 Å². The Labute approximate surface area is 71.8 Å². The number of nitrogen functional groups attached to an aromatic ring is 1. The Balaban J connectivity index is 2.80. The van der Waals surface area contributed by atoms with Crippen LogP contribution < -0.4 is 5.73 Å². The molecule has 1 atom stereocenters. The molecule has 2 N–H and O–H groups in total. The number of hydrogen-bond acceptors (Lipinski definition) is 4. The maximum Gasteiger partial charge on any atom is 0.157 e. The maximum atomic E-state index is 5.44. The van der Waals surface area contributed by atoms with Gasteiger partial charge in [-0.15, -0.1) is 0 Å². The molecule has 1 rings (SSSR count). The van der Waals surface area contributed by atoms with Gasteiger partial charge in [-0.25, -0.2) is 9.97 Å². The van der Waals surface area contributed by atoms with E-state index in [2.05, 4.69) is 9.97 Å². The van der Waals surface area contributed by atoms with Crippen molar-refractivity contribution in [1.29, 1.82) is 0 Å². The zero-order valence-corrected chi connectivity index (χ0v) is 7.32. The van der Waals surface area contributed by atoms with Crippen LogP contribution >= 0.6 is 0 Å². The number of nitrogens with zero attached hydrogens (tertiary/aromatic N) is 2. The lowest BCUT2D eigenvalue weighted by atomic mass is 10.2. The Morgan fingerprint density at radius 1 is 1.50 bits per heavy atom. The SMILES string of the molecule is CCC(OC)c1ncc(N)cn1. The van der Waals surface area contributed by atoms with Gasteiger partial charge in [0.15, 0.2) is 5.82 Å². The summed E-state index contributed by atoms with van der Waals surface area (Å²) in [5, 5.41) is 0. The number of nitrogens with two attached hydrogens (primary N) is 1. The van der Waals surface area contributed by atoms with Crippen molar-refractivity contribution < 1.29 is 4.74 Å². The van der Waals surface area contributed by atoms with Gasteiger partial charge in [0.25, 0.3) is 0 Å². The average molecular weight is 167 g/mol. The molecule has 1 unspecified atom stereocenters. The average Bonchev–Trinajstić information content (AvgIpc) is 2.10. The zero-order chi connectivity index (χ0) is 8.97. The summed E-state index contributed by atoms with van der Waals surface area (Å²) in [5.74, 6) is 0.689. The summed E-state index contributed by atoms with van der Waals surface area (Å²) >= 11 is 0. The molecular formula is C8H13N3O. The molecule has 0 saturated heterocycles. The summed E-state index contributed by atoms with van der Waals surface area (Å²) in [4.78, 5) is 8.12. The highest BCUT2D eigenvalue weighted by Gasteiger charge is 2.09. The highest BCUT2D eigenvalue weighted by atomic mass is 16.5. The van der Waals surface area contributed by atoms with Gasteiger partial charge in [-0.3, -0.25) is 0 Å². The second-order valence-corrected chi connectivity index (χ2v) is 2.51. The van der Waals surface area contributed by atoms with Crippen molar-refractivity contribution in [2.45, 2.75) is 19.4 Å². The third kappa shape index (κ3) is 1.92. The Morgan fingerprint density at radius 2 is 2.08 bits per heavy atom. The number of methoxy groups -OCH3 is 1. The molecule has 0 aromatic carbocycles. The van der Waals surface area contributed by atoms with Crippen molar-refractivity contribution in [1.82, 2.24) is 9.97 Å². The van der Waals surface area contributed by atoms with Gasteiger partial charge in [0.2, 0.25) is 0 Å². The maximum absolute atomic E-state index is 5.44. The highest BCUT2D eigenvalue weighted by molar-refractivity contribution is 5.30. The third-order valence-corrected chi connectivity index (χ3v) is 1.64. The molecule has 1 aromatic heterocycles. The van der Waals surface area contributed by atoms with Gasteiger partial charge in [-0.1, -0.05) is 6.92 Å². The topological polar surface area (TPSA) is 61.0 Å². The number of ether oxygens (including phenoxy) is 1. The van der Waals surface area contributed by atoms with Crippen LogP contribution in [0.5, 0.6) is 0 Å². The summed E-state index contributed by atoms with van der Waals surface area (Å²) in [6.45, 7) is 2.02. The van der Waals surface area contributed by atoms with Gasteiger partial charge in [0.05, 0.1) is 18.1 Å². The Bertz CT molecular complexity index is 231. The molecule has 1 heterocycles. The van der Waals surface area contributed by atoms with Gasteiger partial charge in [0.1, 0.15) is 6.10 Å². The summed E-state index contributed by atoms with van der Waals surface area (Å²) in [5.41, 5.74) is 6.02. The van der Waals surface area contributed by atoms with E-state index in [1.807, 2.05) is 6.92 Å².